The van der Waals surface area contributed by atoms with E-state index in [2.05, 4.69) is 10.2 Å². The van der Waals surface area contributed by atoms with Crippen LogP contribution >= 0.6 is 0 Å². The van der Waals surface area contributed by atoms with Gasteiger partial charge >= 0.3 is 0 Å². The second-order valence-corrected chi connectivity index (χ2v) is 6.17. The summed E-state index contributed by atoms with van der Waals surface area (Å²) in [6.45, 7) is 2.84. The maximum atomic E-state index is 13.6. The van der Waals surface area contributed by atoms with E-state index in [0.717, 1.165) is 25.1 Å². The first kappa shape index (κ1) is 18.9. The highest BCUT2D eigenvalue weighted by molar-refractivity contribution is 5.94. The second kappa shape index (κ2) is 8.58. The normalized spacial score (nSPS) is 12.1. The number of amides is 1. The number of carbonyl (C=O) groups excluding carboxylic acids is 1. The van der Waals surface area contributed by atoms with E-state index in [9.17, 15) is 13.6 Å². The molecule has 134 valence electrons. The van der Waals surface area contributed by atoms with Crippen LogP contribution in [0.4, 0.5) is 8.78 Å². The van der Waals surface area contributed by atoms with Crippen molar-refractivity contribution in [3.05, 3.63) is 59.7 Å². The molecule has 0 fully saturated rings. The predicted octanol–water partition coefficient (Wildman–Crippen LogP) is 3.83. The Bertz CT molecular complexity index is 718. The van der Waals surface area contributed by atoms with E-state index in [1.807, 2.05) is 21.0 Å². The molecule has 25 heavy (non-hydrogen) atoms. The van der Waals surface area contributed by atoms with E-state index < -0.39 is 11.6 Å². The van der Waals surface area contributed by atoms with Gasteiger partial charge in [0.2, 0.25) is 0 Å². The van der Waals surface area contributed by atoms with Crippen molar-refractivity contribution in [2.45, 2.75) is 19.4 Å². The number of nitrogens with one attached hydrogen (secondary N) is 1. The Kier molecular flexibility index (Phi) is 6.47. The fourth-order valence-electron chi connectivity index (χ4n) is 2.19. The van der Waals surface area contributed by atoms with Gasteiger partial charge in [-0.1, -0.05) is 0 Å². The molecule has 0 aliphatic heterocycles. The van der Waals surface area contributed by atoms with Crippen LogP contribution < -0.4 is 10.1 Å². The van der Waals surface area contributed by atoms with Crippen molar-refractivity contribution in [3.8, 4) is 11.5 Å². The van der Waals surface area contributed by atoms with Crippen LogP contribution in [0.1, 0.15) is 23.7 Å². The second-order valence-electron chi connectivity index (χ2n) is 6.17. The van der Waals surface area contributed by atoms with E-state index >= 15 is 0 Å². The van der Waals surface area contributed by atoms with Gasteiger partial charge in [-0.15, -0.1) is 0 Å². The number of rotatable bonds is 7. The highest BCUT2D eigenvalue weighted by atomic mass is 19.1. The Hall–Kier alpha value is -2.47. The monoisotopic (exact) mass is 348 g/mol. The molecule has 0 aliphatic rings. The van der Waals surface area contributed by atoms with Crippen LogP contribution in [0, 0.1) is 11.6 Å². The van der Waals surface area contributed by atoms with Gasteiger partial charge in [-0.2, -0.15) is 0 Å². The molecule has 0 spiro atoms. The molecule has 0 saturated heterocycles. The van der Waals surface area contributed by atoms with E-state index in [1.165, 1.54) is 6.07 Å². The minimum absolute atomic E-state index is 0.0548. The lowest BCUT2D eigenvalue weighted by Gasteiger charge is -2.16. The Balaban J connectivity index is 1.95. The molecule has 2 aromatic carbocycles. The molecule has 1 amide bonds. The molecule has 1 unspecified atom stereocenters. The molecule has 2 rings (SSSR count). The minimum atomic E-state index is -0.781. The van der Waals surface area contributed by atoms with E-state index in [-0.39, 0.29) is 17.7 Å². The standard InChI is InChI=1S/C19H22F2N2O2/c1-13(10-11-23(2)3)22-19(24)14-4-7-16(8-5-14)25-18-9-6-15(20)12-17(18)21/h4-9,12-13H,10-11H2,1-3H3,(H,22,24). The van der Waals surface area contributed by atoms with Crippen LogP contribution in [0.25, 0.3) is 0 Å². The first-order valence-electron chi connectivity index (χ1n) is 8.03. The average Bonchev–Trinajstić information content (AvgIpc) is 2.56. The van der Waals surface area contributed by atoms with E-state index in [0.29, 0.717) is 11.3 Å². The van der Waals surface area contributed by atoms with Crippen molar-refractivity contribution >= 4 is 5.91 Å². The molecule has 0 saturated carbocycles. The number of nitrogens with zero attached hydrogens (tertiary/aromatic N) is 1. The van der Waals surface area contributed by atoms with Crippen molar-refractivity contribution in [1.29, 1.82) is 0 Å². The summed E-state index contributed by atoms with van der Waals surface area (Å²) >= 11 is 0. The average molecular weight is 348 g/mol. The third kappa shape index (κ3) is 5.83. The topological polar surface area (TPSA) is 41.6 Å². The lowest BCUT2D eigenvalue weighted by Crippen LogP contribution is -2.34. The van der Waals surface area contributed by atoms with E-state index in [1.54, 1.807) is 24.3 Å². The zero-order valence-electron chi connectivity index (χ0n) is 14.6. The summed E-state index contributed by atoms with van der Waals surface area (Å²) < 4.78 is 31.8. The molecular weight excluding hydrogens is 326 g/mol. The van der Waals surface area contributed by atoms with Crippen molar-refractivity contribution in [3.63, 3.8) is 0 Å². The van der Waals surface area contributed by atoms with Crippen molar-refractivity contribution in [2.75, 3.05) is 20.6 Å². The lowest BCUT2D eigenvalue weighted by atomic mass is 10.1. The molecule has 0 radical (unpaired) electrons. The van der Waals surface area contributed by atoms with Gasteiger partial charge in [0.1, 0.15) is 11.6 Å². The molecule has 0 heterocycles. The number of hydrogen-bond acceptors (Lipinski definition) is 3. The molecule has 1 N–H and O–H groups in total. The Morgan fingerprint density at radius 3 is 2.44 bits per heavy atom. The Morgan fingerprint density at radius 1 is 1.16 bits per heavy atom. The van der Waals surface area contributed by atoms with Crippen LogP contribution in [-0.4, -0.2) is 37.5 Å². The van der Waals surface area contributed by atoms with Gasteiger partial charge in [-0.05, 0) is 70.4 Å². The molecule has 0 aliphatic carbocycles. The SMILES string of the molecule is CC(CCN(C)C)NC(=O)c1ccc(Oc2ccc(F)cc2F)cc1. The van der Waals surface area contributed by atoms with Crippen molar-refractivity contribution < 1.29 is 18.3 Å². The number of hydrogen-bond donors (Lipinski definition) is 1. The van der Waals surface area contributed by atoms with Crippen LogP contribution in [-0.2, 0) is 0 Å². The number of benzene rings is 2. The number of carbonyl (C=O) groups is 1. The summed E-state index contributed by atoms with van der Waals surface area (Å²) in [6, 6.07) is 9.50. The molecular formula is C19H22F2N2O2. The summed E-state index contributed by atoms with van der Waals surface area (Å²) in [7, 11) is 3.97. The van der Waals surface area contributed by atoms with E-state index in [4.69, 9.17) is 4.74 Å². The lowest BCUT2D eigenvalue weighted by molar-refractivity contribution is 0.0936. The molecule has 4 nitrogen and oxygen atoms in total. The Morgan fingerprint density at radius 2 is 1.84 bits per heavy atom. The summed E-state index contributed by atoms with van der Waals surface area (Å²) in [5.74, 6) is -1.33. The first-order chi connectivity index (χ1) is 11.8. The largest absolute Gasteiger partial charge is 0.454 e. The van der Waals surface area contributed by atoms with Crippen molar-refractivity contribution in [2.24, 2.45) is 0 Å². The van der Waals surface area contributed by atoms with Gasteiger partial charge in [0.25, 0.3) is 5.91 Å². The van der Waals surface area contributed by atoms with Gasteiger partial charge in [0.15, 0.2) is 11.6 Å². The van der Waals surface area contributed by atoms with Crippen LogP contribution in [0.15, 0.2) is 42.5 Å². The highest BCUT2D eigenvalue weighted by Crippen LogP contribution is 2.25. The van der Waals surface area contributed by atoms with Crippen LogP contribution in [0.5, 0.6) is 11.5 Å². The first-order valence-corrected chi connectivity index (χ1v) is 8.03. The smallest absolute Gasteiger partial charge is 0.251 e. The Labute approximate surface area is 146 Å². The van der Waals surface area contributed by atoms with Gasteiger partial charge < -0.3 is 15.0 Å². The zero-order valence-corrected chi connectivity index (χ0v) is 14.6. The summed E-state index contributed by atoms with van der Waals surface area (Å²) in [4.78, 5) is 14.3. The fourth-order valence-corrected chi connectivity index (χ4v) is 2.19. The summed E-state index contributed by atoms with van der Waals surface area (Å²) in [5.41, 5.74) is 0.489. The maximum Gasteiger partial charge on any atom is 0.251 e. The van der Waals surface area contributed by atoms with Gasteiger partial charge in [0.05, 0.1) is 0 Å². The third-order valence-corrected chi connectivity index (χ3v) is 3.63. The predicted molar refractivity (Wildman–Crippen MR) is 93.0 cm³/mol. The molecule has 6 heteroatoms. The third-order valence-electron chi connectivity index (χ3n) is 3.63. The van der Waals surface area contributed by atoms with Gasteiger partial charge in [-0.3, -0.25) is 4.79 Å². The minimum Gasteiger partial charge on any atom is -0.454 e. The maximum absolute atomic E-state index is 13.6. The molecule has 0 bridgehead atoms. The van der Waals surface area contributed by atoms with Gasteiger partial charge in [-0.25, -0.2) is 8.78 Å². The van der Waals surface area contributed by atoms with Crippen molar-refractivity contribution in [1.82, 2.24) is 10.2 Å². The van der Waals surface area contributed by atoms with Gasteiger partial charge in [0, 0.05) is 17.7 Å². The molecule has 1 atom stereocenters. The zero-order chi connectivity index (χ0) is 18.4. The number of halogens is 2. The van der Waals surface area contributed by atoms with Crippen LogP contribution in [0.2, 0.25) is 0 Å². The molecule has 0 aromatic heterocycles. The quantitative estimate of drug-likeness (QED) is 0.827. The van der Waals surface area contributed by atoms with Crippen LogP contribution in [0.3, 0.4) is 0 Å². The summed E-state index contributed by atoms with van der Waals surface area (Å²) in [6.07, 6.45) is 0.851. The summed E-state index contributed by atoms with van der Waals surface area (Å²) in [5, 5.41) is 2.93. The fraction of sp³-hybridized carbons (Fsp3) is 0.316. The molecule has 2 aromatic rings. The number of ether oxygens (including phenoxy) is 1. The highest BCUT2D eigenvalue weighted by Gasteiger charge is 2.11.